The van der Waals surface area contributed by atoms with Gasteiger partial charge in [0.05, 0.1) is 17.1 Å². The number of rotatable bonds is 5. The largest absolute Gasteiger partial charge is 0.459 e. The normalized spacial score (nSPS) is 17.2. The topological polar surface area (TPSA) is 92.3 Å². The van der Waals surface area contributed by atoms with Gasteiger partial charge >= 0.3 is 5.97 Å². The number of ether oxygens (including phenoxy) is 2. The van der Waals surface area contributed by atoms with Crippen LogP contribution in [-0.4, -0.2) is 39.8 Å². The third-order valence-corrected chi connectivity index (χ3v) is 4.77. The average molecular weight is 368 g/mol. The number of fused-ring (bicyclic) bond motifs is 2. The summed E-state index contributed by atoms with van der Waals surface area (Å²) in [5.74, 6) is 0.221. The first-order valence-electron chi connectivity index (χ1n) is 9.37. The van der Waals surface area contributed by atoms with Gasteiger partial charge in [0.1, 0.15) is 23.5 Å². The number of anilines is 1. The fourth-order valence-corrected chi connectivity index (χ4v) is 3.48. The summed E-state index contributed by atoms with van der Waals surface area (Å²) in [6, 6.07) is 7.59. The van der Waals surface area contributed by atoms with Gasteiger partial charge in [-0.3, -0.25) is 0 Å². The molecule has 142 valence electrons. The molecule has 27 heavy (non-hydrogen) atoms. The highest BCUT2D eigenvalue weighted by atomic mass is 16.6. The van der Waals surface area contributed by atoms with E-state index in [0.717, 1.165) is 30.5 Å². The molecule has 3 aromatic rings. The Morgan fingerprint density at radius 3 is 2.74 bits per heavy atom. The van der Waals surface area contributed by atoms with Crippen molar-refractivity contribution in [1.82, 2.24) is 14.5 Å². The van der Waals surface area contributed by atoms with E-state index < -0.39 is 5.97 Å². The molecule has 1 aromatic carbocycles. The Kier molecular flexibility index (Phi) is 4.70. The molecule has 1 aliphatic rings. The predicted molar refractivity (Wildman–Crippen MR) is 104 cm³/mol. The molecule has 0 bridgehead atoms. The highest BCUT2D eigenvalue weighted by Crippen LogP contribution is 2.29. The summed E-state index contributed by atoms with van der Waals surface area (Å²) < 4.78 is 12.9. The molecule has 7 heteroatoms. The van der Waals surface area contributed by atoms with Crippen LogP contribution in [0, 0.1) is 5.92 Å². The monoisotopic (exact) mass is 368 g/mol. The smallest absolute Gasteiger partial charge is 0.344 e. The van der Waals surface area contributed by atoms with E-state index >= 15 is 0 Å². The highest BCUT2D eigenvalue weighted by molar-refractivity contribution is 6.08. The number of carbonyl (C=O) groups excluding carboxylic acids is 1. The lowest BCUT2D eigenvalue weighted by atomic mass is 10.2. The van der Waals surface area contributed by atoms with Gasteiger partial charge in [0, 0.05) is 13.2 Å². The Labute approximate surface area is 157 Å². The van der Waals surface area contributed by atoms with E-state index in [1.807, 2.05) is 28.8 Å². The summed E-state index contributed by atoms with van der Waals surface area (Å²) in [6.07, 6.45) is 1.86. The molecule has 2 N–H and O–H groups in total. The molecule has 1 unspecified atom stereocenters. The molecule has 0 spiro atoms. The van der Waals surface area contributed by atoms with Crippen LogP contribution in [0.1, 0.15) is 37.0 Å². The summed E-state index contributed by atoms with van der Waals surface area (Å²) in [7, 11) is 0. The minimum Gasteiger partial charge on any atom is -0.459 e. The van der Waals surface area contributed by atoms with Gasteiger partial charge < -0.3 is 19.8 Å². The number of nitrogens with zero attached hydrogens (tertiary/aromatic N) is 3. The van der Waals surface area contributed by atoms with Crippen molar-refractivity contribution in [2.24, 2.45) is 5.92 Å². The zero-order chi connectivity index (χ0) is 19.0. The van der Waals surface area contributed by atoms with Crippen LogP contribution in [0.3, 0.4) is 0 Å². The van der Waals surface area contributed by atoms with Crippen molar-refractivity contribution in [1.29, 1.82) is 0 Å². The van der Waals surface area contributed by atoms with Crippen molar-refractivity contribution in [3.05, 3.63) is 29.8 Å². The first kappa shape index (κ1) is 17.7. The quantitative estimate of drug-likeness (QED) is 0.696. The Morgan fingerprint density at radius 1 is 1.33 bits per heavy atom. The summed E-state index contributed by atoms with van der Waals surface area (Å²) in [5, 5.41) is 0. The van der Waals surface area contributed by atoms with Gasteiger partial charge in [0.2, 0.25) is 0 Å². The van der Waals surface area contributed by atoms with Crippen LogP contribution >= 0.6 is 0 Å². The maximum Gasteiger partial charge on any atom is 0.344 e. The summed E-state index contributed by atoms with van der Waals surface area (Å²) in [5.41, 5.74) is 9.25. The molecule has 1 atom stereocenters. The molecule has 0 radical (unpaired) electrons. The van der Waals surface area contributed by atoms with Crippen LogP contribution < -0.4 is 5.73 Å². The summed E-state index contributed by atoms with van der Waals surface area (Å²) >= 11 is 0. The number of aromatic nitrogens is 3. The van der Waals surface area contributed by atoms with Gasteiger partial charge in [-0.1, -0.05) is 26.0 Å². The molecular formula is C20H24N4O3. The average Bonchev–Trinajstić information content (AvgIpc) is 3.25. The van der Waals surface area contributed by atoms with Crippen LogP contribution in [0.5, 0.6) is 0 Å². The van der Waals surface area contributed by atoms with Crippen molar-refractivity contribution in [2.45, 2.75) is 39.3 Å². The number of hydrogen-bond acceptors (Lipinski definition) is 6. The molecule has 3 heterocycles. The number of esters is 1. The van der Waals surface area contributed by atoms with Gasteiger partial charge in [-0.05, 0) is 30.9 Å². The third kappa shape index (κ3) is 3.35. The number of nitrogens with two attached hydrogens (primary N) is 1. The lowest BCUT2D eigenvalue weighted by Crippen LogP contribution is -2.19. The zero-order valence-corrected chi connectivity index (χ0v) is 15.6. The fourth-order valence-electron chi connectivity index (χ4n) is 3.48. The second-order valence-electron chi connectivity index (χ2n) is 7.38. The number of carbonyl (C=O) groups is 1. The van der Waals surface area contributed by atoms with Gasteiger partial charge in [-0.2, -0.15) is 0 Å². The maximum atomic E-state index is 12.8. The highest BCUT2D eigenvalue weighted by Gasteiger charge is 2.26. The van der Waals surface area contributed by atoms with Gasteiger partial charge in [0.15, 0.2) is 5.65 Å². The lowest BCUT2D eigenvalue weighted by molar-refractivity contribution is 0.0163. The van der Waals surface area contributed by atoms with E-state index in [0.29, 0.717) is 35.0 Å². The number of nitrogen functional groups attached to an aromatic ring is 1. The van der Waals surface area contributed by atoms with E-state index in [1.165, 1.54) is 0 Å². The minimum absolute atomic E-state index is 0.0360. The molecule has 2 aromatic heterocycles. The third-order valence-electron chi connectivity index (χ3n) is 4.77. The Morgan fingerprint density at radius 2 is 2.07 bits per heavy atom. The lowest BCUT2D eigenvalue weighted by Gasteiger charge is -2.11. The van der Waals surface area contributed by atoms with E-state index in [1.54, 1.807) is 0 Å². The number of hydrogen-bond donors (Lipinski definition) is 1. The van der Waals surface area contributed by atoms with E-state index in [9.17, 15) is 4.79 Å². The first-order chi connectivity index (χ1) is 13.0. The molecule has 1 aliphatic heterocycles. The van der Waals surface area contributed by atoms with Gasteiger partial charge in [0.25, 0.3) is 0 Å². The molecule has 1 saturated heterocycles. The van der Waals surface area contributed by atoms with Crippen molar-refractivity contribution in [3.8, 4) is 0 Å². The maximum absolute atomic E-state index is 12.8. The molecule has 0 aliphatic carbocycles. The van der Waals surface area contributed by atoms with E-state index in [2.05, 4.69) is 18.8 Å². The standard InChI is InChI=1S/C20H24N4O3/c1-12(2)10-24-18(21)16(20(25)27-11-13-6-5-9-26-13)17-19(24)23-15-8-4-3-7-14(15)22-17/h3-4,7-8,12-13H,5-6,9-11,21H2,1-2H3. The van der Waals surface area contributed by atoms with Crippen LogP contribution in [0.4, 0.5) is 5.82 Å². The molecular weight excluding hydrogens is 344 g/mol. The fraction of sp³-hybridized carbons (Fsp3) is 0.450. The summed E-state index contributed by atoms with van der Waals surface area (Å²) in [4.78, 5) is 22.2. The molecule has 1 fully saturated rings. The molecule has 4 rings (SSSR count). The van der Waals surface area contributed by atoms with Gasteiger partial charge in [-0.15, -0.1) is 0 Å². The van der Waals surface area contributed by atoms with Crippen molar-refractivity contribution >= 4 is 34.0 Å². The van der Waals surface area contributed by atoms with Crippen LogP contribution in [0.2, 0.25) is 0 Å². The van der Waals surface area contributed by atoms with Gasteiger partial charge in [-0.25, -0.2) is 14.8 Å². The second-order valence-corrected chi connectivity index (χ2v) is 7.38. The predicted octanol–water partition coefficient (Wildman–Crippen LogP) is 3.16. The Hall–Kier alpha value is -2.67. The molecule has 0 amide bonds. The number of para-hydroxylation sites is 2. The van der Waals surface area contributed by atoms with E-state index in [-0.39, 0.29) is 12.7 Å². The number of benzene rings is 1. The van der Waals surface area contributed by atoms with Crippen molar-refractivity contribution < 1.29 is 14.3 Å². The zero-order valence-electron chi connectivity index (χ0n) is 15.6. The Bertz CT molecular complexity index is 990. The SMILES string of the molecule is CC(C)Cn1c(N)c(C(=O)OCC2CCCO2)c2nc3ccccc3nc21. The molecule has 7 nitrogen and oxygen atoms in total. The van der Waals surface area contributed by atoms with Crippen LogP contribution in [0.25, 0.3) is 22.2 Å². The van der Waals surface area contributed by atoms with Crippen LogP contribution in [-0.2, 0) is 16.0 Å². The van der Waals surface area contributed by atoms with E-state index in [4.69, 9.17) is 20.2 Å². The van der Waals surface area contributed by atoms with Crippen molar-refractivity contribution in [3.63, 3.8) is 0 Å². The van der Waals surface area contributed by atoms with Crippen molar-refractivity contribution in [2.75, 3.05) is 18.9 Å². The first-order valence-corrected chi connectivity index (χ1v) is 9.37. The molecule has 0 saturated carbocycles. The minimum atomic E-state index is -0.472. The second kappa shape index (κ2) is 7.15. The Balaban J connectivity index is 1.78. The van der Waals surface area contributed by atoms with Crippen LogP contribution in [0.15, 0.2) is 24.3 Å². The summed E-state index contributed by atoms with van der Waals surface area (Å²) in [6.45, 7) is 5.78.